The summed E-state index contributed by atoms with van der Waals surface area (Å²) in [5, 5.41) is 17.8. The first-order chi connectivity index (χ1) is 10.0. The van der Waals surface area contributed by atoms with Gasteiger partial charge in [-0.25, -0.2) is 0 Å². The fourth-order valence-electron chi connectivity index (χ4n) is 2.52. The van der Waals surface area contributed by atoms with Crippen molar-refractivity contribution in [2.24, 2.45) is 0 Å². The number of nitrogens with one attached hydrogen (secondary N) is 2. The monoisotopic (exact) mass is 293 g/mol. The number of nitrogens with zero attached hydrogens (tertiary/aromatic N) is 1. The minimum absolute atomic E-state index is 0.0392. The van der Waals surface area contributed by atoms with Crippen LogP contribution in [0.1, 0.15) is 33.1 Å². The van der Waals surface area contributed by atoms with E-state index in [9.17, 15) is 10.1 Å². The first-order valence-corrected chi connectivity index (χ1v) is 7.43. The van der Waals surface area contributed by atoms with Gasteiger partial charge in [0.05, 0.1) is 17.6 Å². The van der Waals surface area contributed by atoms with Crippen molar-refractivity contribution >= 4 is 11.4 Å². The number of benzene rings is 1. The minimum atomic E-state index is -0.380. The van der Waals surface area contributed by atoms with Crippen LogP contribution in [-0.2, 0) is 0 Å². The van der Waals surface area contributed by atoms with Crippen LogP contribution in [0.15, 0.2) is 18.2 Å². The lowest BCUT2D eigenvalue weighted by Gasteiger charge is -2.36. The standard InChI is InChI=1S/C15H23N3O3/c1-3-8-21-14-10-12(9-13(11-14)18(19)20)17-15(2)4-6-16-7-5-15/h9-11,16-17H,3-8H2,1-2H3. The van der Waals surface area contributed by atoms with Crippen LogP contribution in [0.2, 0.25) is 0 Å². The number of ether oxygens (including phenoxy) is 1. The summed E-state index contributed by atoms with van der Waals surface area (Å²) < 4.78 is 5.55. The van der Waals surface area contributed by atoms with E-state index >= 15 is 0 Å². The summed E-state index contributed by atoms with van der Waals surface area (Å²) in [4.78, 5) is 10.7. The van der Waals surface area contributed by atoms with Gasteiger partial charge in [0.2, 0.25) is 0 Å². The highest BCUT2D eigenvalue weighted by Crippen LogP contribution is 2.30. The lowest BCUT2D eigenvalue weighted by atomic mass is 9.90. The SMILES string of the molecule is CCCOc1cc(NC2(C)CCNCC2)cc([N+](=O)[O-])c1. The fraction of sp³-hybridized carbons (Fsp3) is 0.600. The van der Waals surface area contributed by atoms with E-state index in [2.05, 4.69) is 17.6 Å². The Morgan fingerprint density at radius 3 is 2.71 bits per heavy atom. The third kappa shape index (κ3) is 4.32. The minimum Gasteiger partial charge on any atom is -0.493 e. The molecule has 0 bridgehead atoms. The number of anilines is 1. The molecule has 1 aromatic rings. The molecule has 0 amide bonds. The second-order valence-corrected chi connectivity index (χ2v) is 5.76. The molecular formula is C15H23N3O3. The maximum absolute atomic E-state index is 11.1. The van der Waals surface area contributed by atoms with Gasteiger partial charge in [-0.15, -0.1) is 0 Å². The van der Waals surface area contributed by atoms with Crippen LogP contribution in [0.25, 0.3) is 0 Å². The van der Waals surface area contributed by atoms with E-state index < -0.39 is 0 Å². The van der Waals surface area contributed by atoms with Gasteiger partial charge in [-0.1, -0.05) is 6.92 Å². The molecule has 21 heavy (non-hydrogen) atoms. The Morgan fingerprint density at radius 1 is 1.38 bits per heavy atom. The summed E-state index contributed by atoms with van der Waals surface area (Å²) >= 11 is 0. The van der Waals surface area contributed by atoms with E-state index in [1.165, 1.54) is 6.07 Å². The van der Waals surface area contributed by atoms with E-state index in [4.69, 9.17) is 4.74 Å². The van der Waals surface area contributed by atoms with Crippen molar-refractivity contribution in [2.75, 3.05) is 25.0 Å². The van der Waals surface area contributed by atoms with Crippen LogP contribution >= 0.6 is 0 Å². The molecule has 0 radical (unpaired) electrons. The molecule has 0 spiro atoms. The number of nitro benzene ring substituents is 1. The van der Waals surface area contributed by atoms with Gasteiger partial charge in [-0.3, -0.25) is 10.1 Å². The van der Waals surface area contributed by atoms with Gasteiger partial charge in [0.1, 0.15) is 5.75 Å². The summed E-state index contributed by atoms with van der Waals surface area (Å²) in [5.74, 6) is 0.547. The molecule has 0 aromatic heterocycles. The maximum Gasteiger partial charge on any atom is 0.275 e. The average molecular weight is 293 g/mol. The number of hydrogen-bond acceptors (Lipinski definition) is 5. The number of hydrogen-bond donors (Lipinski definition) is 2. The first kappa shape index (κ1) is 15.6. The van der Waals surface area contributed by atoms with Crippen molar-refractivity contribution in [3.63, 3.8) is 0 Å². The van der Waals surface area contributed by atoms with Gasteiger partial charge in [-0.05, 0) is 39.3 Å². The highest BCUT2D eigenvalue weighted by Gasteiger charge is 2.27. The third-order valence-corrected chi connectivity index (χ3v) is 3.73. The summed E-state index contributed by atoms with van der Waals surface area (Å²) in [6, 6.07) is 4.90. The Labute approximate surface area is 125 Å². The number of nitro groups is 1. The van der Waals surface area contributed by atoms with E-state index in [1.54, 1.807) is 6.07 Å². The zero-order valence-corrected chi connectivity index (χ0v) is 12.6. The summed E-state index contributed by atoms with van der Waals surface area (Å²) in [7, 11) is 0. The van der Waals surface area contributed by atoms with E-state index in [0.717, 1.165) is 38.0 Å². The second-order valence-electron chi connectivity index (χ2n) is 5.76. The van der Waals surface area contributed by atoms with Crippen molar-refractivity contribution in [1.29, 1.82) is 0 Å². The second kappa shape index (κ2) is 6.76. The van der Waals surface area contributed by atoms with Gasteiger partial charge in [0.25, 0.3) is 5.69 Å². The van der Waals surface area contributed by atoms with Crippen molar-refractivity contribution in [1.82, 2.24) is 5.32 Å². The molecule has 1 heterocycles. The molecule has 116 valence electrons. The number of non-ortho nitro benzene ring substituents is 1. The molecule has 0 unspecified atom stereocenters. The predicted molar refractivity (Wildman–Crippen MR) is 83.0 cm³/mol. The topological polar surface area (TPSA) is 76.4 Å². The molecule has 1 fully saturated rings. The zero-order valence-electron chi connectivity index (χ0n) is 12.6. The molecule has 0 aliphatic carbocycles. The number of piperidine rings is 1. The lowest BCUT2D eigenvalue weighted by Crippen LogP contribution is -2.45. The fourth-order valence-corrected chi connectivity index (χ4v) is 2.52. The summed E-state index contributed by atoms with van der Waals surface area (Å²) in [6.45, 7) is 6.63. The van der Waals surface area contributed by atoms with E-state index in [-0.39, 0.29) is 16.1 Å². The normalized spacial score (nSPS) is 17.2. The van der Waals surface area contributed by atoms with Crippen molar-refractivity contribution < 1.29 is 9.66 Å². The first-order valence-electron chi connectivity index (χ1n) is 7.43. The van der Waals surface area contributed by atoms with Crippen molar-refractivity contribution in [3.05, 3.63) is 28.3 Å². The molecule has 6 nitrogen and oxygen atoms in total. The highest BCUT2D eigenvalue weighted by molar-refractivity contribution is 5.57. The molecule has 6 heteroatoms. The highest BCUT2D eigenvalue weighted by atomic mass is 16.6. The molecule has 1 aromatic carbocycles. The van der Waals surface area contributed by atoms with Crippen LogP contribution in [0, 0.1) is 10.1 Å². The van der Waals surface area contributed by atoms with Crippen LogP contribution in [-0.4, -0.2) is 30.2 Å². The molecule has 1 saturated heterocycles. The Kier molecular flexibility index (Phi) is 5.01. The van der Waals surface area contributed by atoms with Gasteiger partial charge in [0, 0.05) is 23.4 Å². The van der Waals surface area contributed by atoms with Gasteiger partial charge < -0.3 is 15.4 Å². The van der Waals surface area contributed by atoms with E-state index in [1.807, 2.05) is 13.0 Å². The van der Waals surface area contributed by atoms with Crippen molar-refractivity contribution in [2.45, 2.75) is 38.6 Å². The molecular weight excluding hydrogens is 270 g/mol. The van der Waals surface area contributed by atoms with Crippen LogP contribution < -0.4 is 15.4 Å². The molecule has 2 N–H and O–H groups in total. The third-order valence-electron chi connectivity index (χ3n) is 3.73. The Bertz CT molecular complexity index is 499. The Hall–Kier alpha value is -1.82. The molecule has 0 saturated carbocycles. The smallest absolute Gasteiger partial charge is 0.275 e. The van der Waals surface area contributed by atoms with Gasteiger partial charge in [0.15, 0.2) is 0 Å². The zero-order chi connectivity index (χ0) is 15.3. The molecule has 1 aliphatic rings. The van der Waals surface area contributed by atoms with Crippen LogP contribution in [0.4, 0.5) is 11.4 Å². The van der Waals surface area contributed by atoms with Crippen molar-refractivity contribution in [3.8, 4) is 5.75 Å². The maximum atomic E-state index is 11.1. The quantitative estimate of drug-likeness (QED) is 0.623. The molecule has 2 rings (SSSR count). The van der Waals surface area contributed by atoms with Crippen LogP contribution in [0.5, 0.6) is 5.75 Å². The van der Waals surface area contributed by atoms with E-state index in [0.29, 0.717) is 12.4 Å². The summed E-state index contributed by atoms with van der Waals surface area (Å²) in [6.07, 6.45) is 2.84. The number of rotatable bonds is 6. The van der Waals surface area contributed by atoms with Crippen LogP contribution in [0.3, 0.4) is 0 Å². The average Bonchev–Trinajstić information content (AvgIpc) is 2.45. The molecule has 0 atom stereocenters. The predicted octanol–water partition coefficient (Wildman–Crippen LogP) is 2.94. The largest absolute Gasteiger partial charge is 0.493 e. The summed E-state index contributed by atoms with van der Waals surface area (Å²) in [5.41, 5.74) is 0.769. The Balaban J connectivity index is 2.20. The lowest BCUT2D eigenvalue weighted by molar-refractivity contribution is -0.384. The Morgan fingerprint density at radius 2 is 2.10 bits per heavy atom. The van der Waals surface area contributed by atoms with Gasteiger partial charge >= 0.3 is 0 Å². The van der Waals surface area contributed by atoms with Gasteiger partial charge in [-0.2, -0.15) is 0 Å². The molecule has 1 aliphatic heterocycles.